The molecule has 1 unspecified atom stereocenters. The van der Waals surface area contributed by atoms with E-state index in [1.807, 2.05) is 12.3 Å². The number of benzene rings is 1. The Morgan fingerprint density at radius 3 is 2.74 bits per heavy atom. The van der Waals surface area contributed by atoms with Crippen LogP contribution < -0.4 is 5.32 Å². The Morgan fingerprint density at radius 1 is 1.16 bits per heavy atom. The first-order valence-corrected chi connectivity index (χ1v) is 7.28. The van der Waals surface area contributed by atoms with Gasteiger partial charge in [0.25, 0.3) is 0 Å². The number of rotatable bonds is 6. The smallest absolute Gasteiger partial charge is 0.0704 e. The molecule has 2 heteroatoms. The predicted octanol–water partition coefficient (Wildman–Crippen LogP) is 3.80. The zero-order valence-corrected chi connectivity index (χ0v) is 12.2. The second-order valence-corrected chi connectivity index (χ2v) is 5.43. The fraction of sp³-hybridized carbons (Fsp3) is 0.471. The SMILES string of the molecule is CCNC(CCc1cccc2ncccc12)C(C)C. The van der Waals surface area contributed by atoms with Crippen molar-refractivity contribution in [1.82, 2.24) is 10.3 Å². The van der Waals surface area contributed by atoms with Crippen molar-refractivity contribution in [3.8, 4) is 0 Å². The van der Waals surface area contributed by atoms with Crippen LogP contribution in [0.2, 0.25) is 0 Å². The first-order valence-electron chi connectivity index (χ1n) is 7.28. The van der Waals surface area contributed by atoms with Crippen molar-refractivity contribution < 1.29 is 0 Å². The minimum absolute atomic E-state index is 0.594. The zero-order chi connectivity index (χ0) is 13.7. The third-order valence-electron chi connectivity index (χ3n) is 3.73. The van der Waals surface area contributed by atoms with Gasteiger partial charge in [-0.05, 0) is 43.0 Å². The lowest BCUT2D eigenvalue weighted by Gasteiger charge is -2.22. The molecule has 1 heterocycles. The summed E-state index contributed by atoms with van der Waals surface area (Å²) in [6, 6.07) is 11.2. The molecule has 1 aromatic heterocycles. The molecule has 1 atom stereocenters. The quantitative estimate of drug-likeness (QED) is 0.850. The molecule has 1 aromatic carbocycles. The van der Waals surface area contributed by atoms with E-state index in [2.05, 4.69) is 55.3 Å². The van der Waals surface area contributed by atoms with Crippen LogP contribution in [-0.2, 0) is 6.42 Å². The zero-order valence-electron chi connectivity index (χ0n) is 12.2. The molecule has 0 fully saturated rings. The molecule has 2 nitrogen and oxygen atoms in total. The van der Waals surface area contributed by atoms with Crippen LogP contribution >= 0.6 is 0 Å². The fourth-order valence-corrected chi connectivity index (χ4v) is 2.63. The van der Waals surface area contributed by atoms with E-state index in [4.69, 9.17) is 0 Å². The highest BCUT2D eigenvalue weighted by atomic mass is 14.9. The summed E-state index contributed by atoms with van der Waals surface area (Å²) in [7, 11) is 0. The summed E-state index contributed by atoms with van der Waals surface area (Å²) in [6.07, 6.45) is 4.15. The van der Waals surface area contributed by atoms with Gasteiger partial charge in [-0.15, -0.1) is 0 Å². The molecule has 0 aliphatic carbocycles. The summed E-state index contributed by atoms with van der Waals surface area (Å²) < 4.78 is 0. The molecule has 1 N–H and O–H groups in total. The van der Waals surface area contributed by atoms with Gasteiger partial charge >= 0.3 is 0 Å². The maximum atomic E-state index is 4.42. The van der Waals surface area contributed by atoms with E-state index in [-0.39, 0.29) is 0 Å². The van der Waals surface area contributed by atoms with Crippen molar-refractivity contribution in [3.05, 3.63) is 42.1 Å². The van der Waals surface area contributed by atoms with Gasteiger partial charge in [0.15, 0.2) is 0 Å². The lowest BCUT2D eigenvalue weighted by atomic mass is 9.95. The predicted molar refractivity (Wildman–Crippen MR) is 82.4 cm³/mol. The molecule has 0 amide bonds. The van der Waals surface area contributed by atoms with Crippen molar-refractivity contribution in [3.63, 3.8) is 0 Å². The number of nitrogens with one attached hydrogen (secondary N) is 1. The van der Waals surface area contributed by atoms with Crippen LogP contribution in [0.4, 0.5) is 0 Å². The molecule has 0 aliphatic rings. The maximum Gasteiger partial charge on any atom is 0.0704 e. The van der Waals surface area contributed by atoms with E-state index in [0.717, 1.165) is 18.5 Å². The molecule has 19 heavy (non-hydrogen) atoms. The summed E-state index contributed by atoms with van der Waals surface area (Å²) in [4.78, 5) is 4.42. The Hall–Kier alpha value is -1.41. The molecule has 0 spiro atoms. The fourth-order valence-electron chi connectivity index (χ4n) is 2.63. The van der Waals surface area contributed by atoms with Gasteiger partial charge in [-0.2, -0.15) is 0 Å². The van der Waals surface area contributed by atoms with Crippen molar-refractivity contribution in [2.24, 2.45) is 5.92 Å². The highest BCUT2D eigenvalue weighted by Gasteiger charge is 2.12. The molecule has 0 saturated heterocycles. The number of aromatic nitrogens is 1. The molecule has 0 saturated carbocycles. The first-order chi connectivity index (χ1) is 9.22. The van der Waals surface area contributed by atoms with E-state index in [0.29, 0.717) is 12.0 Å². The van der Waals surface area contributed by atoms with E-state index in [9.17, 15) is 0 Å². The molecule has 2 rings (SSSR count). The Kier molecular flexibility index (Phi) is 4.92. The van der Waals surface area contributed by atoms with Crippen LogP contribution in [0.5, 0.6) is 0 Å². The Morgan fingerprint density at radius 2 is 2.00 bits per heavy atom. The largest absolute Gasteiger partial charge is 0.314 e. The summed E-state index contributed by atoms with van der Waals surface area (Å²) >= 11 is 0. The first kappa shape index (κ1) is 14.0. The number of hydrogen-bond donors (Lipinski definition) is 1. The van der Waals surface area contributed by atoms with Crippen molar-refractivity contribution in [2.75, 3.05) is 6.54 Å². The van der Waals surface area contributed by atoms with Gasteiger partial charge < -0.3 is 5.32 Å². The van der Waals surface area contributed by atoms with Crippen molar-refractivity contribution in [1.29, 1.82) is 0 Å². The highest BCUT2D eigenvalue weighted by molar-refractivity contribution is 5.81. The molecular weight excluding hydrogens is 232 g/mol. The van der Waals surface area contributed by atoms with E-state index >= 15 is 0 Å². The van der Waals surface area contributed by atoms with Crippen molar-refractivity contribution >= 4 is 10.9 Å². The van der Waals surface area contributed by atoms with Gasteiger partial charge in [0, 0.05) is 17.6 Å². The maximum absolute atomic E-state index is 4.42. The molecular formula is C17H24N2. The Balaban J connectivity index is 2.13. The topological polar surface area (TPSA) is 24.9 Å². The van der Waals surface area contributed by atoms with E-state index < -0.39 is 0 Å². The van der Waals surface area contributed by atoms with Gasteiger partial charge in [-0.3, -0.25) is 4.98 Å². The second kappa shape index (κ2) is 6.67. The van der Waals surface area contributed by atoms with E-state index in [1.165, 1.54) is 17.4 Å². The number of pyridine rings is 1. The summed E-state index contributed by atoms with van der Waals surface area (Å²) in [5.74, 6) is 0.674. The minimum Gasteiger partial charge on any atom is -0.314 e. The minimum atomic E-state index is 0.594. The van der Waals surface area contributed by atoms with Gasteiger partial charge in [0.1, 0.15) is 0 Å². The average molecular weight is 256 g/mol. The van der Waals surface area contributed by atoms with E-state index in [1.54, 1.807) is 0 Å². The lowest BCUT2D eigenvalue weighted by Crippen LogP contribution is -2.34. The number of fused-ring (bicyclic) bond motifs is 1. The van der Waals surface area contributed by atoms with Gasteiger partial charge in [0.2, 0.25) is 0 Å². The molecule has 2 aromatic rings. The van der Waals surface area contributed by atoms with Crippen LogP contribution in [0.3, 0.4) is 0 Å². The second-order valence-electron chi connectivity index (χ2n) is 5.43. The Bertz CT molecular complexity index is 514. The third kappa shape index (κ3) is 3.54. The van der Waals surface area contributed by atoms with Crippen LogP contribution in [0, 0.1) is 5.92 Å². The van der Waals surface area contributed by atoms with Crippen molar-refractivity contribution in [2.45, 2.75) is 39.7 Å². The molecule has 0 aliphatic heterocycles. The highest BCUT2D eigenvalue weighted by Crippen LogP contribution is 2.19. The van der Waals surface area contributed by atoms with Crippen LogP contribution in [0.1, 0.15) is 32.8 Å². The molecule has 0 bridgehead atoms. The summed E-state index contributed by atoms with van der Waals surface area (Å²) in [5.41, 5.74) is 2.51. The number of aryl methyl sites for hydroxylation is 1. The normalized spacial score (nSPS) is 13.1. The average Bonchev–Trinajstić information content (AvgIpc) is 2.43. The Labute approximate surface area is 116 Å². The summed E-state index contributed by atoms with van der Waals surface area (Å²) in [5, 5.41) is 4.88. The molecule has 102 valence electrons. The lowest BCUT2D eigenvalue weighted by molar-refractivity contribution is 0.385. The standard InChI is InChI=1S/C17H24N2/c1-4-18-16(13(2)3)11-10-14-7-5-9-17-15(14)8-6-12-19-17/h5-9,12-13,16,18H,4,10-11H2,1-3H3. The number of nitrogens with zero attached hydrogens (tertiary/aromatic N) is 1. The number of hydrogen-bond acceptors (Lipinski definition) is 2. The monoisotopic (exact) mass is 256 g/mol. The van der Waals surface area contributed by atoms with Gasteiger partial charge in [-0.25, -0.2) is 0 Å². The van der Waals surface area contributed by atoms with Gasteiger partial charge in [-0.1, -0.05) is 39.0 Å². The summed E-state index contributed by atoms with van der Waals surface area (Å²) in [6.45, 7) is 7.80. The van der Waals surface area contributed by atoms with Gasteiger partial charge in [0.05, 0.1) is 5.52 Å². The van der Waals surface area contributed by atoms with Crippen LogP contribution in [0.25, 0.3) is 10.9 Å². The van der Waals surface area contributed by atoms with Crippen LogP contribution in [-0.4, -0.2) is 17.6 Å². The molecule has 0 radical (unpaired) electrons. The third-order valence-corrected chi connectivity index (χ3v) is 3.73. The van der Waals surface area contributed by atoms with Crippen LogP contribution in [0.15, 0.2) is 36.5 Å².